The van der Waals surface area contributed by atoms with E-state index in [-0.39, 0.29) is 0 Å². The summed E-state index contributed by atoms with van der Waals surface area (Å²) in [4.78, 5) is 0. The molecule has 0 aromatic heterocycles. The van der Waals surface area contributed by atoms with Crippen LogP contribution in [0.25, 0.3) is 11.1 Å². The zero-order valence-corrected chi connectivity index (χ0v) is 25.6. The van der Waals surface area contributed by atoms with Crippen LogP contribution in [-0.2, 0) is 12.8 Å². The molecular weight excluding hydrogens is 460 g/mol. The maximum absolute atomic E-state index is 2.76. The Morgan fingerprint density at radius 1 is 0.676 bits per heavy atom. The van der Waals surface area contributed by atoms with Crippen molar-refractivity contribution in [1.29, 1.82) is 0 Å². The third-order valence-corrected chi connectivity index (χ3v) is 16.6. The monoisotopic (exact) mass is 510 g/mol. The SMILES string of the molecule is CCCCC(c1ccc(-c2ccccc2)cc1)c1cc2c(cc1[Si](C(C)C)(C(C)C)C(C)C)CCCC2. The number of aryl methyl sites for hydroxylation is 2. The van der Waals surface area contributed by atoms with Crippen molar-refractivity contribution in [1.82, 2.24) is 0 Å². The molecule has 3 aromatic carbocycles. The maximum Gasteiger partial charge on any atom is 0.0946 e. The van der Waals surface area contributed by atoms with Crippen LogP contribution in [-0.4, -0.2) is 8.07 Å². The predicted octanol–water partition coefficient (Wildman–Crippen LogP) is 10.4. The van der Waals surface area contributed by atoms with Gasteiger partial charge in [-0.25, -0.2) is 0 Å². The molecule has 0 spiro atoms. The predicted molar refractivity (Wildman–Crippen MR) is 167 cm³/mol. The minimum absolute atomic E-state index is 0.482. The van der Waals surface area contributed by atoms with E-state index in [9.17, 15) is 0 Å². The van der Waals surface area contributed by atoms with Crippen molar-refractivity contribution in [3.05, 3.63) is 89.0 Å². The Morgan fingerprint density at radius 2 is 1.22 bits per heavy atom. The van der Waals surface area contributed by atoms with Crippen LogP contribution >= 0.6 is 0 Å². The largest absolute Gasteiger partial charge is 0.0946 e. The lowest BCUT2D eigenvalue weighted by molar-refractivity contribution is 0.645. The molecule has 0 bridgehead atoms. The lowest BCUT2D eigenvalue weighted by Gasteiger charge is -2.46. The Balaban J connectivity index is 1.91. The summed E-state index contributed by atoms with van der Waals surface area (Å²) in [6, 6.07) is 25.9. The zero-order chi connectivity index (χ0) is 26.6. The quantitative estimate of drug-likeness (QED) is 0.238. The molecule has 0 nitrogen and oxygen atoms in total. The molecule has 1 aliphatic rings. The second-order valence-electron chi connectivity index (χ2n) is 12.5. The number of benzene rings is 3. The average Bonchev–Trinajstić information content (AvgIpc) is 2.89. The van der Waals surface area contributed by atoms with E-state index < -0.39 is 8.07 Å². The fraction of sp³-hybridized carbons (Fsp3) is 0.500. The van der Waals surface area contributed by atoms with Crippen molar-refractivity contribution in [2.24, 2.45) is 0 Å². The van der Waals surface area contributed by atoms with Crippen molar-refractivity contribution >= 4 is 13.3 Å². The number of hydrogen-bond donors (Lipinski definition) is 0. The summed E-state index contributed by atoms with van der Waals surface area (Å²) in [5.74, 6) is 0.482. The van der Waals surface area contributed by atoms with Crippen molar-refractivity contribution in [3.8, 4) is 11.1 Å². The van der Waals surface area contributed by atoms with Gasteiger partial charge in [-0.3, -0.25) is 0 Å². The minimum Gasteiger partial charge on any atom is -0.0654 e. The highest BCUT2D eigenvalue weighted by Gasteiger charge is 2.46. The zero-order valence-electron chi connectivity index (χ0n) is 24.6. The summed E-state index contributed by atoms with van der Waals surface area (Å²) in [5, 5.41) is 1.79. The Bertz CT molecular complexity index is 1120. The van der Waals surface area contributed by atoms with Crippen molar-refractivity contribution < 1.29 is 0 Å². The molecule has 1 aliphatic carbocycles. The van der Waals surface area contributed by atoms with Crippen LogP contribution in [0.4, 0.5) is 0 Å². The van der Waals surface area contributed by atoms with Crippen LogP contribution < -0.4 is 5.19 Å². The first-order valence-electron chi connectivity index (χ1n) is 15.1. The molecule has 1 unspecified atom stereocenters. The van der Waals surface area contributed by atoms with Crippen LogP contribution in [0.2, 0.25) is 16.6 Å². The van der Waals surface area contributed by atoms with E-state index in [0.717, 1.165) is 16.6 Å². The second kappa shape index (κ2) is 12.2. The lowest BCUT2D eigenvalue weighted by Crippen LogP contribution is -2.57. The Labute approximate surface area is 228 Å². The van der Waals surface area contributed by atoms with E-state index in [2.05, 4.69) is 115 Å². The van der Waals surface area contributed by atoms with Gasteiger partial charge in [0.15, 0.2) is 0 Å². The molecule has 0 fully saturated rings. The summed E-state index contributed by atoms with van der Waals surface area (Å²) in [7, 11) is -1.81. The Morgan fingerprint density at radius 3 is 1.76 bits per heavy atom. The van der Waals surface area contributed by atoms with Gasteiger partial charge in [-0.05, 0) is 82.1 Å². The highest BCUT2D eigenvalue weighted by atomic mass is 28.3. The number of rotatable bonds is 10. The van der Waals surface area contributed by atoms with Gasteiger partial charge in [0.05, 0.1) is 8.07 Å². The van der Waals surface area contributed by atoms with Gasteiger partial charge in [-0.15, -0.1) is 0 Å². The molecule has 0 amide bonds. The first kappa shape index (κ1) is 27.9. The molecule has 0 heterocycles. The van der Waals surface area contributed by atoms with Gasteiger partial charge in [0.1, 0.15) is 0 Å². The molecule has 0 N–H and O–H groups in total. The van der Waals surface area contributed by atoms with Crippen molar-refractivity contribution in [3.63, 3.8) is 0 Å². The van der Waals surface area contributed by atoms with Gasteiger partial charge >= 0.3 is 0 Å². The third kappa shape index (κ3) is 5.53. The van der Waals surface area contributed by atoms with Gasteiger partial charge < -0.3 is 0 Å². The maximum atomic E-state index is 2.76. The Kier molecular flexibility index (Phi) is 9.17. The molecule has 1 atom stereocenters. The van der Waals surface area contributed by atoms with E-state index >= 15 is 0 Å². The van der Waals surface area contributed by atoms with Crippen molar-refractivity contribution in [2.75, 3.05) is 0 Å². The molecule has 198 valence electrons. The van der Waals surface area contributed by atoms with Crippen LogP contribution in [0.3, 0.4) is 0 Å². The first-order valence-corrected chi connectivity index (χ1v) is 17.3. The van der Waals surface area contributed by atoms with Crippen LogP contribution in [0, 0.1) is 0 Å². The smallest absolute Gasteiger partial charge is 0.0654 e. The molecule has 0 saturated carbocycles. The Hall–Kier alpha value is -2.12. The van der Waals surface area contributed by atoms with E-state index in [4.69, 9.17) is 0 Å². The van der Waals surface area contributed by atoms with Gasteiger partial charge in [-0.2, -0.15) is 0 Å². The second-order valence-corrected chi connectivity index (χ2v) is 18.4. The van der Waals surface area contributed by atoms with E-state index in [1.54, 1.807) is 21.9 Å². The summed E-state index contributed by atoms with van der Waals surface area (Å²) in [6.07, 6.45) is 9.00. The van der Waals surface area contributed by atoms with E-state index in [0.29, 0.717) is 5.92 Å². The molecular formula is C36H50Si. The topological polar surface area (TPSA) is 0 Å². The third-order valence-electron chi connectivity index (χ3n) is 9.49. The molecule has 3 aromatic rings. The lowest BCUT2D eigenvalue weighted by atomic mass is 9.82. The molecule has 0 aliphatic heterocycles. The van der Waals surface area contributed by atoms with E-state index in [1.165, 1.54) is 61.6 Å². The minimum atomic E-state index is -1.81. The van der Waals surface area contributed by atoms with Crippen LogP contribution in [0.15, 0.2) is 66.7 Å². The highest BCUT2D eigenvalue weighted by molar-refractivity contribution is 6.95. The van der Waals surface area contributed by atoms with Gasteiger partial charge in [-0.1, -0.05) is 133 Å². The van der Waals surface area contributed by atoms with E-state index in [1.807, 2.05) is 0 Å². The number of fused-ring (bicyclic) bond motifs is 1. The molecule has 37 heavy (non-hydrogen) atoms. The summed E-state index contributed by atoms with van der Waals surface area (Å²) < 4.78 is 0. The van der Waals surface area contributed by atoms with Gasteiger partial charge in [0, 0.05) is 5.92 Å². The standard InChI is InChI=1S/C36H50Si/c1-8-9-19-34(31-22-20-30(21-23-31)29-15-11-10-12-16-29)35-24-32-17-13-14-18-33(32)25-36(35)37(26(2)3,27(4)5)28(6)7/h10-12,15-16,20-28,34H,8-9,13-14,17-19H2,1-7H3. The summed E-state index contributed by atoms with van der Waals surface area (Å²) >= 11 is 0. The number of hydrogen-bond acceptors (Lipinski definition) is 0. The van der Waals surface area contributed by atoms with Crippen LogP contribution in [0.5, 0.6) is 0 Å². The van der Waals surface area contributed by atoms with Crippen LogP contribution in [0.1, 0.15) is 109 Å². The molecule has 4 rings (SSSR count). The van der Waals surface area contributed by atoms with Gasteiger partial charge in [0.2, 0.25) is 0 Å². The fourth-order valence-corrected chi connectivity index (χ4v) is 14.9. The fourth-order valence-electron chi connectivity index (χ4n) is 7.85. The normalized spacial score (nSPS) is 14.9. The first-order chi connectivity index (χ1) is 17.8. The molecule has 1 heteroatoms. The highest BCUT2D eigenvalue weighted by Crippen LogP contribution is 2.44. The number of unbranched alkanes of at least 4 members (excludes halogenated alkanes) is 1. The van der Waals surface area contributed by atoms with Crippen molar-refractivity contribution in [2.45, 2.75) is 116 Å². The summed E-state index contributed by atoms with van der Waals surface area (Å²) in [5.41, 5.74) is 11.3. The average molecular weight is 511 g/mol. The molecule has 0 saturated heterocycles. The molecule has 0 radical (unpaired) electrons. The van der Waals surface area contributed by atoms with Gasteiger partial charge in [0.25, 0.3) is 0 Å². The summed E-state index contributed by atoms with van der Waals surface area (Å²) in [6.45, 7) is 17.5.